The summed E-state index contributed by atoms with van der Waals surface area (Å²) in [7, 11) is 0. The van der Waals surface area contributed by atoms with E-state index in [-0.39, 0.29) is 13.0 Å². The Labute approximate surface area is 181 Å². The Morgan fingerprint density at radius 3 is 2.03 bits per heavy atom. The van der Waals surface area contributed by atoms with Crippen LogP contribution in [0.5, 0.6) is 0 Å². The van der Waals surface area contributed by atoms with Crippen molar-refractivity contribution in [3.05, 3.63) is 34.3 Å². The lowest BCUT2D eigenvalue weighted by atomic mass is 9.70. The zero-order valence-corrected chi connectivity index (χ0v) is 17.4. The molecule has 13 heteroatoms. The van der Waals surface area contributed by atoms with Crippen molar-refractivity contribution in [1.29, 1.82) is 0 Å². The molecule has 3 nitrogen and oxygen atoms in total. The Kier molecular flexibility index (Phi) is 6.65. The van der Waals surface area contributed by atoms with Crippen molar-refractivity contribution in [2.24, 2.45) is 0 Å². The highest BCUT2D eigenvalue weighted by Gasteiger charge is 2.82. The molecule has 0 radical (unpaired) electrons. The van der Waals surface area contributed by atoms with Gasteiger partial charge < -0.3 is 0 Å². The summed E-state index contributed by atoms with van der Waals surface area (Å²) in [4.78, 5) is 26.1. The topological polar surface area (TPSA) is 37.4 Å². The van der Waals surface area contributed by atoms with E-state index >= 15 is 0 Å². The number of imide groups is 1. The maximum atomic E-state index is 14.5. The third-order valence-electron chi connectivity index (χ3n) is 5.28. The molecule has 0 fully saturated rings. The van der Waals surface area contributed by atoms with Crippen molar-refractivity contribution >= 4 is 23.4 Å². The standard InChI is InChI=1S/C19H17ClF9NO2/c1-3-4-8-30-13(31)10-6-5-7-11(20)12(10)15(2,14(30)32)9-16(21,22)17(23,24)18(25,26)19(27,28)29/h5-7H,3-4,8-9H2,1-2H3. The second-order valence-electron chi connectivity index (χ2n) is 7.64. The van der Waals surface area contributed by atoms with Crippen LogP contribution in [0.15, 0.2) is 18.2 Å². The molecule has 180 valence electrons. The SMILES string of the molecule is CCCCN1C(=O)c2cccc(Cl)c2C(C)(CC(F)(F)C(F)(F)C(F)(F)C(F)(F)F)C1=O. The summed E-state index contributed by atoms with van der Waals surface area (Å²) in [6, 6.07) is 3.31. The van der Waals surface area contributed by atoms with Crippen LogP contribution in [0.2, 0.25) is 5.02 Å². The Hall–Kier alpha value is -1.98. The van der Waals surface area contributed by atoms with Gasteiger partial charge in [0, 0.05) is 23.6 Å². The third-order valence-corrected chi connectivity index (χ3v) is 5.59. The van der Waals surface area contributed by atoms with Gasteiger partial charge in [0.25, 0.3) is 5.91 Å². The minimum atomic E-state index is -7.10. The van der Waals surface area contributed by atoms with Crippen molar-refractivity contribution in [2.45, 2.75) is 62.5 Å². The molecule has 2 rings (SSSR count). The number of alkyl halides is 9. The molecule has 32 heavy (non-hydrogen) atoms. The van der Waals surface area contributed by atoms with Crippen LogP contribution in [0.25, 0.3) is 0 Å². The molecule has 1 atom stereocenters. The Balaban J connectivity index is 2.67. The Morgan fingerprint density at radius 1 is 0.969 bits per heavy atom. The fraction of sp³-hybridized carbons (Fsp3) is 0.579. The minimum Gasteiger partial charge on any atom is -0.278 e. The van der Waals surface area contributed by atoms with E-state index in [0.717, 1.165) is 12.1 Å². The first-order chi connectivity index (χ1) is 14.4. The van der Waals surface area contributed by atoms with E-state index in [0.29, 0.717) is 18.2 Å². The zero-order chi connectivity index (χ0) is 24.9. The summed E-state index contributed by atoms with van der Waals surface area (Å²) in [6.07, 6.45) is -8.81. The maximum absolute atomic E-state index is 14.5. The van der Waals surface area contributed by atoms with Crippen molar-refractivity contribution in [3.63, 3.8) is 0 Å². The molecule has 0 saturated carbocycles. The summed E-state index contributed by atoms with van der Waals surface area (Å²) in [5.41, 5.74) is -3.86. The number of nitrogens with zero attached hydrogens (tertiary/aromatic N) is 1. The minimum absolute atomic E-state index is 0.197. The molecule has 0 bridgehead atoms. The van der Waals surface area contributed by atoms with Crippen molar-refractivity contribution in [2.75, 3.05) is 6.54 Å². The first kappa shape index (κ1) is 26.3. The predicted octanol–water partition coefficient (Wildman–Crippen LogP) is 6.24. The first-order valence-electron chi connectivity index (χ1n) is 9.22. The smallest absolute Gasteiger partial charge is 0.278 e. The van der Waals surface area contributed by atoms with Gasteiger partial charge in [-0.15, -0.1) is 0 Å². The number of carbonyl (C=O) groups excluding carboxylic acids is 2. The molecule has 1 aromatic rings. The van der Waals surface area contributed by atoms with Crippen LogP contribution in [0.1, 0.15) is 49.0 Å². The number of hydrogen-bond donors (Lipinski definition) is 0. The number of carbonyl (C=O) groups is 2. The largest absolute Gasteiger partial charge is 0.460 e. The molecule has 0 spiro atoms. The number of fused-ring (bicyclic) bond motifs is 1. The summed E-state index contributed by atoms with van der Waals surface area (Å²) >= 11 is 5.93. The van der Waals surface area contributed by atoms with Crippen LogP contribution in [-0.2, 0) is 10.2 Å². The maximum Gasteiger partial charge on any atom is 0.460 e. The van der Waals surface area contributed by atoms with Gasteiger partial charge in [-0.25, -0.2) is 0 Å². The molecule has 0 N–H and O–H groups in total. The number of halogens is 10. The van der Waals surface area contributed by atoms with Crippen LogP contribution in [0.4, 0.5) is 39.5 Å². The lowest BCUT2D eigenvalue weighted by Crippen LogP contribution is -2.64. The van der Waals surface area contributed by atoms with Crippen molar-refractivity contribution < 1.29 is 49.1 Å². The van der Waals surface area contributed by atoms with Gasteiger partial charge >= 0.3 is 23.9 Å². The summed E-state index contributed by atoms with van der Waals surface area (Å²) in [5, 5.41) is -0.483. The van der Waals surface area contributed by atoms with Crippen molar-refractivity contribution in [1.82, 2.24) is 4.90 Å². The van der Waals surface area contributed by atoms with E-state index in [1.165, 1.54) is 6.07 Å². The molecule has 0 aromatic heterocycles. The van der Waals surface area contributed by atoms with E-state index in [2.05, 4.69) is 0 Å². The van der Waals surface area contributed by atoms with E-state index in [4.69, 9.17) is 11.6 Å². The predicted molar refractivity (Wildman–Crippen MR) is 95.3 cm³/mol. The lowest BCUT2D eigenvalue weighted by molar-refractivity contribution is -0.397. The van der Waals surface area contributed by atoms with Crippen LogP contribution < -0.4 is 0 Å². The number of benzene rings is 1. The van der Waals surface area contributed by atoms with Gasteiger partial charge in [-0.05, 0) is 31.0 Å². The second kappa shape index (κ2) is 8.11. The molecule has 1 aliphatic rings. The van der Waals surface area contributed by atoms with Gasteiger partial charge in [0.1, 0.15) is 0 Å². The van der Waals surface area contributed by atoms with Gasteiger partial charge in [0.05, 0.1) is 5.41 Å². The normalized spacial score (nSPS) is 20.6. The molecule has 1 unspecified atom stereocenters. The lowest BCUT2D eigenvalue weighted by Gasteiger charge is -2.43. The zero-order valence-electron chi connectivity index (χ0n) is 16.6. The molecule has 1 aliphatic heterocycles. The summed E-state index contributed by atoms with van der Waals surface area (Å²) in [5.74, 6) is -22.5. The Bertz CT molecular complexity index is 917. The van der Waals surface area contributed by atoms with Gasteiger partial charge in [0.15, 0.2) is 0 Å². The molecule has 1 aromatic carbocycles. The number of amides is 2. The quantitative estimate of drug-likeness (QED) is 0.330. The van der Waals surface area contributed by atoms with Gasteiger partial charge in [-0.3, -0.25) is 14.5 Å². The van der Waals surface area contributed by atoms with Crippen LogP contribution >= 0.6 is 11.6 Å². The Morgan fingerprint density at radius 2 is 1.53 bits per heavy atom. The molecular weight excluding hydrogens is 481 g/mol. The molecule has 1 heterocycles. The molecule has 0 saturated heterocycles. The van der Waals surface area contributed by atoms with Crippen LogP contribution in [0, 0.1) is 0 Å². The molecule has 2 amide bonds. The van der Waals surface area contributed by atoms with E-state index < -0.39 is 63.7 Å². The first-order valence-corrected chi connectivity index (χ1v) is 9.60. The highest BCUT2D eigenvalue weighted by molar-refractivity contribution is 6.33. The third kappa shape index (κ3) is 3.84. The molecular formula is C19H17ClF9NO2. The monoisotopic (exact) mass is 497 g/mol. The van der Waals surface area contributed by atoms with Gasteiger partial charge in [-0.1, -0.05) is 31.0 Å². The number of hydrogen-bond acceptors (Lipinski definition) is 2. The fourth-order valence-electron chi connectivity index (χ4n) is 3.55. The average molecular weight is 498 g/mol. The summed E-state index contributed by atoms with van der Waals surface area (Å²) in [6.45, 7) is 2.01. The van der Waals surface area contributed by atoms with Gasteiger partial charge in [-0.2, -0.15) is 39.5 Å². The van der Waals surface area contributed by atoms with Crippen LogP contribution in [0.3, 0.4) is 0 Å². The van der Waals surface area contributed by atoms with Crippen LogP contribution in [-0.4, -0.2) is 47.2 Å². The second-order valence-corrected chi connectivity index (χ2v) is 8.04. The van der Waals surface area contributed by atoms with Crippen molar-refractivity contribution in [3.8, 4) is 0 Å². The number of unbranched alkanes of at least 4 members (excludes halogenated alkanes) is 1. The molecule has 0 aliphatic carbocycles. The number of rotatable bonds is 7. The van der Waals surface area contributed by atoms with E-state index in [1.807, 2.05) is 0 Å². The highest BCUT2D eigenvalue weighted by atomic mass is 35.5. The fourth-order valence-corrected chi connectivity index (χ4v) is 3.93. The van der Waals surface area contributed by atoms with Gasteiger partial charge in [0.2, 0.25) is 5.91 Å². The average Bonchev–Trinajstić information content (AvgIpc) is 2.65. The van der Waals surface area contributed by atoms with E-state index in [1.54, 1.807) is 6.92 Å². The van der Waals surface area contributed by atoms with E-state index in [9.17, 15) is 49.1 Å². The summed E-state index contributed by atoms with van der Waals surface area (Å²) < 4.78 is 121. The highest BCUT2D eigenvalue weighted by Crippen LogP contribution is 2.57.